The normalized spacial score (nSPS) is 18.7. The van der Waals surface area contributed by atoms with Crippen LogP contribution in [0.5, 0.6) is 0 Å². The molecule has 1 aliphatic rings. The van der Waals surface area contributed by atoms with Crippen molar-refractivity contribution in [1.82, 2.24) is 5.32 Å². The molecule has 1 saturated heterocycles. The summed E-state index contributed by atoms with van der Waals surface area (Å²) in [5.74, 6) is -0.786. The van der Waals surface area contributed by atoms with Crippen molar-refractivity contribution in [1.29, 1.82) is 0 Å². The van der Waals surface area contributed by atoms with Crippen LogP contribution in [0.4, 0.5) is 4.39 Å². The van der Waals surface area contributed by atoms with Crippen LogP contribution in [-0.4, -0.2) is 46.5 Å². The quantitative estimate of drug-likeness (QED) is 0.839. The molecule has 1 amide bonds. The van der Waals surface area contributed by atoms with E-state index >= 15 is 0 Å². The smallest absolute Gasteiger partial charge is 0.252 e. The summed E-state index contributed by atoms with van der Waals surface area (Å²) < 4.78 is 47.8. The Morgan fingerprint density at radius 3 is 2.52 bits per heavy atom. The molecule has 0 aromatic heterocycles. The van der Waals surface area contributed by atoms with Crippen molar-refractivity contribution < 1.29 is 27.1 Å². The molecule has 0 spiro atoms. The van der Waals surface area contributed by atoms with Crippen LogP contribution in [0.3, 0.4) is 0 Å². The minimum Gasteiger partial charge on any atom is -0.376 e. The summed E-state index contributed by atoms with van der Waals surface area (Å²) in [6.07, 6.45) is 0.366. The first-order valence-electron chi connectivity index (χ1n) is 8.40. The van der Waals surface area contributed by atoms with Gasteiger partial charge in [-0.3, -0.25) is 4.79 Å². The van der Waals surface area contributed by atoms with Crippen LogP contribution in [0, 0.1) is 5.82 Å². The Bertz CT molecular complexity index is 908. The van der Waals surface area contributed by atoms with Gasteiger partial charge in [0.15, 0.2) is 15.9 Å². The Morgan fingerprint density at radius 2 is 1.89 bits per heavy atom. The first-order chi connectivity index (χ1) is 12.8. The summed E-state index contributed by atoms with van der Waals surface area (Å²) >= 11 is 0. The first-order valence-corrected chi connectivity index (χ1v) is 10.3. The zero-order valence-electron chi connectivity index (χ0n) is 14.7. The van der Waals surface area contributed by atoms with Gasteiger partial charge in [0.1, 0.15) is 5.82 Å². The van der Waals surface area contributed by atoms with Crippen LogP contribution in [0.2, 0.25) is 0 Å². The Balaban J connectivity index is 1.95. The molecule has 3 rings (SSSR count). The second-order valence-electron chi connectivity index (χ2n) is 6.27. The summed E-state index contributed by atoms with van der Waals surface area (Å²) in [4.78, 5) is 12.7. The fraction of sp³-hybridized carbons (Fsp3) is 0.316. The van der Waals surface area contributed by atoms with Gasteiger partial charge < -0.3 is 14.8 Å². The van der Waals surface area contributed by atoms with E-state index in [2.05, 4.69) is 5.32 Å². The van der Waals surface area contributed by atoms with Gasteiger partial charge in [-0.15, -0.1) is 0 Å². The van der Waals surface area contributed by atoms with Crippen molar-refractivity contribution in [3.05, 3.63) is 65.5 Å². The SMILES string of the molecule is CS(=O)(=O)c1cccc(C(NC(=O)C2COCCO2)c2ccc(F)cc2)c1. The van der Waals surface area contributed by atoms with E-state index in [4.69, 9.17) is 9.47 Å². The minimum absolute atomic E-state index is 0.138. The van der Waals surface area contributed by atoms with Gasteiger partial charge >= 0.3 is 0 Å². The molecule has 1 heterocycles. The molecule has 2 aromatic rings. The van der Waals surface area contributed by atoms with Gasteiger partial charge in [-0.1, -0.05) is 24.3 Å². The van der Waals surface area contributed by atoms with Crippen molar-refractivity contribution in [3.63, 3.8) is 0 Å². The standard InChI is InChI=1S/C19H20FNO5S/c1-27(23,24)16-4-2-3-14(11-16)18(13-5-7-15(20)8-6-13)21-19(22)17-12-25-9-10-26-17/h2-8,11,17-18H,9-10,12H2,1H3,(H,21,22). The van der Waals surface area contributed by atoms with Gasteiger partial charge in [-0.2, -0.15) is 0 Å². The third-order valence-electron chi connectivity index (χ3n) is 4.22. The lowest BCUT2D eigenvalue weighted by molar-refractivity contribution is -0.148. The van der Waals surface area contributed by atoms with Gasteiger partial charge in [0, 0.05) is 6.26 Å². The average Bonchev–Trinajstić information content (AvgIpc) is 2.67. The maximum absolute atomic E-state index is 13.3. The van der Waals surface area contributed by atoms with Crippen LogP contribution in [0.1, 0.15) is 17.2 Å². The number of nitrogens with one attached hydrogen (secondary N) is 1. The third-order valence-corrected chi connectivity index (χ3v) is 5.33. The Hall–Kier alpha value is -2.29. The first kappa shape index (κ1) is 19.5. The van der Waals surface area contributed by atoms with Crippen LogP contribution in [0.25, 0.3) is 0 Å². The fourth-order valence-corrected chi connectivity index (χ4v) is 3.49. The Labute approximate surface area is 157 Å². The van der Waals surface area contributed by atoms with Crippen LogP contribution < -0.4 is 5.32 Å². The number of carbonyl (C=O) groups is 1. The van der Waals surface area contributed by atoms with E-state index in [9.17, 15) is 17.6 Å². The lowest BCUT2D eigenvalue weighted by Crippen LogP contribution is -2.44. The second-order valence-corrected chi connectivity index (χ2v) is 8.29. The molecule has 0 radical (unpaired) electrons. The zero-order valence-corrected chi connectivity index (χ0v) is 15.5. The maximum Gasteiger partial charge on any atom is 0.252 e. The number of sulfone groups is 1. The number of benzene rings is 2. The number of ether oxygens (including phenoxy) is 2. The Morgan fingerprint density at radius 1 is 1.15 bits per heavy atom. The highest BCUT2D eigenvalue weighted by molar-refractivity contribution is 7.90. The molecule has 1 fully saturated rings. The molecule has 27 heavy (non-hydrogen) atoms. The number of rotatable bonds is 5. The largest absolute Gasteiger partial charge is 0.376 e. The predicted molar refractivity (Wildman–Crippen MR) is 96.5 cm³/mol. The Kier molecular flexibility index (Phi) is 5.88. The molecule has 0 aliphatic carbocycles. The lowest BCUT2D eigenvalue weighted by atomic mass is 9.98. The van der Waals surface area contributed by atoms with Gasteiger partial charge in [0.05, 0.1) is 30.8 Å². The molecule has 1 aliphatic heterocycles. The number of amides is 1. The summed E-state index contributed by atoms with van der Waals surface area (Å²) in [5.41, 5.74) is 1.18. The van der Waals surface area contributed by atoms with Crippen molar-refractivity contribution in [3.8, 4) is 0 Å². The summed E-state index contributed by atoms with van der Waals surface area (Å²) in [6, 6.07) is 11.3. The zero-order chi connectivity index (χ0) is 19.4. The van der Waals surface area contributed by atoms with E-state index in [1.165, 1.54) is 24.3 Å². The number of hydrogen-bond acceptors (Lipinski definition) is 5. The van der Waals surface area contributed by atoms with E-state index in [1.807, 2.05) is 0 Å². The molecule has 8 heteroatoms. The molecular formula is C19H20FNO5S. The fourth-order valence-electron chi connectivity index (χ4n) is 2.81. The van der Waals surface area contributed by atoms with Gasteiger partial charge in [-0.05, 0) is 35.4 Å². The van der Waals surface area contributed by atoms with Gasteiger partial charge in [0.25, 0.3) is 5.91 Å². The summed E-state index contributed by atoms with van der Waals surface area (Å²) in [7, 11) is -3.41. The number of carbonyl (C=O) groups excluding carboxylic acids is 1. The third kappa shape index (κ3) is 4.91. The van der Waals surface area contributed by atoms with Crippen molar-refractivity contribution in [2.75, 3.05) is 26.1 Å². The average molecular weight is 393 g/mol. The van der Waals surface area contributed by atoms with Crippen LogP contribution in [0.15, 0.2) is 53.4 Å². The summed E-state index contributed by atoms with van der Waals surface area (Å²) in [6.45, 7) is 0.899. The minimum atomic E-state index is -3.41. The summed E-state index contributed by atoms with van der Waals surface area (Å²) in [5, 5.41) is 2.86. The molecule has 0 bridgehead atoms. The predicted octanol–water partition coefficient (Wildman–Crippen LogP) is 1.85. The van der Waals surface area contributed by atoms with Crippen molar-refractivity contribution in [2.45, 2.75) is 17.0 Å². The van der Waals surface area contributed by atoms with Crippen molar-refractivity contribution >= 4 is 15.7 Å². The van der Waals surface area contributed by atoms with E-state index < -0.39 is 27.8 Å². The molecule has 2 aromatic carbocycles. The number of halogens is 1. The van der Waals surface area contributed by atoms with Crippen molar-refractivity contribution in [2.24, 2.45) is 0 Å². The monoisotopic (exact) mass is 393 g/mol. The second kappa shape index (κ2) is 8.16. The van der Waals surface area contributed by atoms with E-state index in [1.54, 1.807) is 24.3 Å². The molecule has 2 unspecified atom stereocenters. The molecular weight excluding hydrogens is 373 g/mol. The molecule has 0 saturated carbocycles. The van der Waals surface area contributed by atoms with E-state index in [0.717, 1.165) is 6.26 Å². The van der Waals surface area contributed by atoms with Gasteiger partial charge in [0.2, 0.25) is 0 Å². The lowest BCUT2D eigenvalue weighted by Gasteiger charge is -2.26. The number of hydrogen-bond donors (Lipinski definition) is 1. The molecule has 6 nitrogen and oxygen atoms in total. The highest BCUT2D eigenvalue weighted by atomic mass is 32.2. The van der Waals surface area contributed by atoms with Gasteiger partial charge in [-0.25, -0.2) is 12.8 Å². The van der Waals surface area contributed by atoms with Crippen LogP contribution in [-0.2, 0) is 24.1 Å². The van der Waals surface area contributed by atoms with Crippen LogP contribution >= 0.6 is 0 Å². The highest BCUT2D eigenvalue weighted by Gasteiger charge is 2.26. The molecule has 144 valence electrons. The highest BCUT2D eigenvalue weighted by Crippen LogP contribution is 2.25. The molecule has 2 atom stereocenters. The van der Waals surface area contributed by atoms with E-state index in [-0.39, 0.29) is 17.4 Å². The molecule has 1 N–H and O–H groups in total. The topological polar surface area (TPSA) is 81.7 Å². The van der Waals surface area contributed by atoms with E-state index in [0.29, 0.717) is 24.3 Å². The maximum atomic E-state index is 13.3.